The van der Waals surface area contributed by atoms with Crippen molar-refractivity contribution in [3.8, 4) is 0 Å². The monoisotopic (exact) mass is 1150 g/mol. The maximum atomic E-state index is 13.5. The number of ether oxygens (including phenoxy) is 3. The Hall–Kier alpha value is -3.68. The van der Waals surface area contributed by atoms with Crippen LogP contribution in [-0.2, 0) is 23.8 Å². The van der Waals surface area contributed by atoms with Crippen molar-refractivity contribution in [3.63, 3.8) is 0 Å². The molecule has 11 heteroatoms. The second-order valence-electron chi connectivity index (χ2n) is 22.5. The molecule has 1 rings (SSSR count). The number of carbonyl (C=O) groups excluding carboxylic acids is 2. The molecule has 0 spiro atoms. The number of unbranched alkanes of at least 4 members (excludes halogenated alkanes) is 25. The van der Waals surface area contributed by atoms with Crippen molar-refractivity contribution in [1.29, 1.82) is 0 Å². The summed E-state index contributed by atoms with van der Waals surface area (Å²) >= 11 is 0. The van der Waals surface area contributed by atoms with Gasteiger partial charge in [-0.3, -0.25) is 9.59 Å². The van der Waals surface area contributed by atoms with E-state index in [-0.39, 0.29) is 19.4 Å². The molecule has 0 saturated carbocycles. The van der Waals surface area contributed by atoms with Crippen molar-refractivity contribution in [3.05, 3.63) is 109 Å². The van der Waals surface area contributed by atoms with Crippen molar-refractivity contribution in [1.82, 2.24) is 5.32 Å². The molecule has 1 amide bonds. The summed E-state index contributed by atoms with van der Waals surface area (Å²) in [4.78, 5) is 26.6. The van der Waals surface area contributed by atoms with Crippen LogP contribution in [0.5, 0.6) is 0 Å². The van der Waals surface area contributed by atoms with Crippen molar-refractivity contribution in [2.24, 2.45) is 0 Å². The number of aliphatic hydroxyl groups excluding tert-OH is 5. The molecular weight excluding hydrogens is 1030 g/mol. The standard InChI is InChI=1S/C71H121NO10/c1-4-7-10-13-16-19-22-25-27-29-31-33-35-37-39-41-44-47-50-53-56-59-66(76)82-69-68(78)67(77)65(60-73)81-71(69)80-61-62(63(74)57-54-51-48-45-42-24-21-18-15-12-9-6-3)72-70(79)64(75)58-55-52-49-46-43-40-38-36-34-32-30-28-26-23-20-17-14-11-8-5-2/h7,10,16-17,19-20,25-28,31,33,37,39,44,47,54,57,62-65,67-69,71,73-75,77-78H,4-6,8-9,11-15,18,21-24,29-30,32,34-36,38,40-43,45-46,48-53,55-56,58-61H2,1-3H3,(H,72,79)/b10-7-,19-16-,20-17-,27-25-,28-26-,33-31-,39-37-,47-44-,57-54+. The van der Waals surface area contributed by atoms with Gasteiger partial charge in [-0.2, -0.15) is 0 Å². The van der Waals surface area contributed by atoms with Gasteiger partial charge in [0.25, 0.3) is 0 Å². The number of amides is 1. The fraction of sp³-hybridized carbons (Fsp3) is 0.718. The summed E-state index contributed by atoms with van der Waals surface area (Å²) in [6, 6.07) is -1.04. The van der Waals surface area contributed by atoms with Crippen LogP contribution in [-0.4, -0.2) is 99.6 Å². The molecule has 8 unspecified atom stereocenters. The number of carbonyl (C=O) groups is 2. The third-order valence-electron chi connectivity index (χ3n) is 14.9. The smallest absolute Gasteiger partial charge is 0.306 e. The van der Waals surface area contributed by atoms with Gasteiger partial charge in [0.2, 0.25) is 5.91 Å². The Balaban J connectivity index is 2.67. The van der Waals surface area contributed by atoms with Gasteiger partial charge in [-0.25, -0.2) is 0 Å². The van der Waals surface area contributed by atoms with E-state index in [1.54, 1.807) is 6.08 Å². The molecule has 1 heterocycles. The predicted molar refractivity (Wildman–Crippen MR) is 342 cm³/mol. The first-order valence-electron chi connectivity index (χ1n) is 33.2. The van der Waals surface area contributed by atoms with Crippen molar-refractivity contribution in [2.75, 3.05) is 13.2 Å². The SMILES string of the molecule is CC/C=C\C/C=C\C/C=C\C/C=C\C/C=C\C/C=C\CCCCC(=O)OC1C(OCC(NC(=O)C(O)CCCCCCCCCCCC/C=C\C/C=C\CCCCC)C(O)/C=C/CCCCCCCCCCCC)OC(CO)C(O)C1O. The van der Waals surface area contributed by atoms with Crippen molar-refractivity contribution >= 4 is 11.9 Å². The van der Waals surface area contributed by atoms with Crippen LogP contribution in [0, 0.1) is 0 Å². The highest BCUT2D eigenvalue weighted by atomic mass is 16.7. The van der Waals surface area contributed by atoms with E-state index in [1.807, 2.05) is 6.08 Å². The van der Waals surface area contributed by atoms with Crippen molar-refractivity contribution < 1.29 is 49.3 Å². The first-order valence-corrected chi connectivity index (χ1v) is 33.2. The van der Waals surface area contributed by atoms with Gasteiger partial charge < -0.3 is 45.1 Å². The van der Waals surface area contributed by atoms with Crippen molar-refractivity contribution in [2.45, 2.75) is 314 Å². The maximum absolute atomic E-state index is 13.5. The highest BCUT2D eigenvalue weighted by Gasteiger charge is 2.47. The molecule has 6 N–H and O–H groups in total. The number of hydrogen-bond donors (Lipinski definition) is 6. The van der Waals surface area contributed by atoms with Crippen LogP contribution in [0.25, 0.3) is 0 Å². The van der Waals surface area contributed by atoms with E-state index < -0.39 is 67.4 Å². The van der Waals surface area contributed by atoms with Gasteiger partial charge in [-0.1, -0.05) is 259 Å². The fourth-order valence-corrected chi connectivity index (χ4v) is 9.68. The average Bonchev–Trinajstić information content (AvgIpc) is 3.44. The molecule has 0 aromatic rings. The third kappa shape index (κ3) is 44.8. The molecule has 0 bridgehead atoms. The fourth-order valence-electron chi connectivity index (χ4n) is 9.68. The molecule has 0 aliphatic carbocycles. The second-order valence-corrected chi connectivity index (χ2v) is 22.5. The van der Waals surface area contributed by atoms with Gasteiger partial charge in [-0.05, 0) is 109 Å². The summed E-state index contributed by atoms with van der Waals surface area (Å²) in [5.74, 6) is -1.25. The normalized spacial score (nSPS) is 19.3. The number of nitrogens with one attached hydrogen (secondary N) is 1. The number of rotatable bonds is 55. The minimum atomic E-state index is -1.64. The lowest BCUT2D eigenvalue weighted by Crippen LogP contribution is -2.61. The van der Waals surface area contributed by atoms with Crippen LogP contribution < -0.4 is 5.32 Å². The van der Waals surface area contributed by atoms with Gasteiger partial charge >= 0.3 is 5.97 Å². The highest BCUT2D eigenvalue weighted by Crippen LogP contribution is 2.26. The number of aliphatic hydroxyl groups is 5. The summed E-state index contributed by atoms with van der Waals surface area (Å²) in [6.07, 6.45) is 68.3. The summed E-state index contributed by atoms with van der Waals surface area (Å²) in [6.45, 7) is 5.63. The minimum absolute atomic E-state index is 0.0632. The number of esters is 1. The van der Waals surface area contributed by atoms with E-state index >= 15 is 0 Å². The van der Waals surface area contributed by atoms with E-state index in [0.29, 0.717) is 12.8 Å². The van der Waals surface area contributed by atoms with Crippen LogP contribution >= 0.6 is 0 Å². The van der Waals surface area contributed by atoms with E-state index in [4.69, 9.17) is 14.2 Å². The Labute approximate surface area is 500 Å². The lowest BCUT2D eigenvalue weighted by atomic mass is 9.99. The van der Waals surface area contributed by atoms with Crippen LogP contribution in [0.1, 0.15) is 265 Å². The molecule has 470 valence electrons. The van der Waals surface area contributed by atoms with Crippen LogP contribution in [0.15, 0.2) is 109 Å². The Morgan fingerprint density at radius 1 is 0.488 bits per heavy atom. The Morgan fingerprint density at radius 2 is 0.878 bits per heavy atom. The van der Waals surface area contributed by atoms with Crippen LogP contribution in [0.3, 0.4) is 0 Å². The highest BCUT2D eigenvalue weighted by molar-refractivity contribution is 5.80. The largest absolute Gasteiger partial charge is 0.454 e. The lowest BCUT2D eigenvalue weighted by molar-refractivity contribution is -0.305. The van der Waals surface area contributed by atoms with Gasteiger partial charge in [0, 0.05) is 6.42 Å². The second kappa shape index (κ2) is 57.7. The molecule has 1 aliphatic rings. The molecule has 8 atom stereocenters. The molecule has 0 aromatic heterocycles. The number of allylic oxidation sites excluding steroid dienone is 17. The van der Waals surface area contributed by atoms with E-state index in [0.717, 1.165) is 109 Å². The van der Waals surface area contributed by atoms with E-state index in [1.165, 1.54) is 109 Å². The third-order valence-corrected chi connectivity index (χ3v) is 14.9. The minimum Gasteiger partial charge on any atom is -0.454 e. The Kier molecular flexibility index (Phi) is 53.7. The zero-order chi connectivity index (χ0) is 59.6. The average molecular weight is 1150 g/mol. The molecule has 1 aliphatic heterocycles. The molecule has 82 heavy (non-hydrogen) atoms. The Morgan fingerprint density at radius 3 is 1.34 bits per heavy atom. The molecule has 11 nitrogen and oxygen atoms in total. The van der Waals surface area contributed by atoms with Crippen LogP contribution in [0.2, 0.25) is 0 Å². The quantitative estimate of drug-likeness (QED) is 0.0195. The number of hydrogen-bond acceptors (Lipinski definition) is 10. The summed E-state index contributed by atoms with van der Waals surface area (Å²) < 4.78 is 17.6. The molecule has 1 saturated heterocycles. The first-order chi connectivity index (χ1) is 40.2. The molecule has 1 fully saturated rings. The van der Waals surface area contributed by atoms with E-state index in [2.05, 4.69) is 123 Å². The van der Waals surface area contributed by atoms with Gasteiger partial charge in [0.15, 0.2) is 12.4 Å². The summed E-state index contributed by atoms with van der Waals surface area (Å²) in [7, 11) is 0. The molecule has 0 radical (unpaired) electrons. The maximum Gasteiger partial charge on any atom is 0.306 e. The summed E-state index contributed by atoms with van der Waals surface area (Å²) in [5.41, 5.74) is 0. The van der Waals surface area contributed by atoms with Gasteiger partial charge in [-0.15, -0.1) is 0 Å². The van der Waals surface area contributed by atoms with Gasteiger partial charge in [0.05, 0.1) is 25.4 Å². The zero-order valence-corrected chi connectivity index (χ0v) is 52.1. The topological polar surface area (TPSA) is 175 Å². The molecular formula is C71H121NO10. The van der Waals surface area contributed by atoms with E-state index in [9.17, 15) is 35.1 Å². The first kappa shape index (κ1) is 76.3. The zero-order valence-electron chi connectivity index (χ0n) is 52.1. The van der Waals surface area contributed by atoms with Crippen LogP contribution in [0.4, 0.5) is 0 Å². The molecule has 0 aromatic carbocycles. The summed E-state index contributed by atoms with van der Waals surface area (Å²) in [5, 5.41) is 57.1. The Bertz CT molecular complexity index is 1750. The van der Waals surface area contributed by atoms with Gasteiger partial charge in [0.1, 0.15) is 24.4 Å². The predicted octanol–water partition coefficient (Wildman–Crippen LogP) is 16.4. The lowest BCUT2D eigenvalue weighted by Gasteiger charge is -2.41.